The fourth-order valence-corrected chi connectivity index (χ4v) is 1.31. The van der Waals surface area contributed by atoms with Gasteiger partial charge in [-0.2, -0.15) is 0 Å². The molecule has 0 saturated carbocycles. The summed E-state index contributed by atoms with van der Waals surface area (Å²) in [5.74, 6) is 1.27. The van der Waals surface area contributed by atoms with Gasteiger partial charge in [0.2, 0.25) is 0 Å². The van der Waals surface area contributed by atoms with E-state index in [-0.39, 0.29) is 0 Å². The second-order valence-corrected chi connectivity index (χ2v) is 3.51. The van der Waals surface area contributed by atoms with Gasteiger partial charge >= 0.3 is 0 Å². The molecule has 0 N–H and O–H groups in total. The summed E-state index contributed by atoms with van der Waals surface area (Å²) in [5.41, 5.74) is 0. The van der Waals surface area contributed by atoms with E-state index in [2.05, 4.69) is 12.2 Å². The van der Waals surface area contributed by atoms with Crippen molar-refractivity contribution < 1.29 is 0 Å². The van der Waals surface area contributed by atoms with Crippen LogP contribution in [0.3, 0.4) is 0 Å². The molecule has 0 fully saturated rings. The molecule has 0 spiro atoms. The van der Waals surface area contributed by atoms with Crippen molar-refractivity contribution >= 4 is 23.2 Å². The fraction of sp³-hybridized carbons (Fsp3) is 0.636. The summed E-state index contributed by atoms with van der Waals surface area (Å²) in [6.07, 6.45) is 14.5. The molecular formula is C11H18Cl2. The quantitative estimate of drug-likeness (QED) is 0.321. The normalized spacial score (nSPS) is 11.8. The predicted molar refractivity (Wildman–Crippen MR) is 62.8 cm³/mol. The second-order valence-electron chi connectivity index (χ2n) is 2.89. The van der Waals surface area contributed by atoms with Crippen molar-refractivity contribution in [1.82, 2.24) is 0 Å². The highest BCUT2D eigenvalue weighted by Gasteiger charge is 1.85. The molecule has 0 rings (SSSR count). The summed E-state index contributed by atoms with van der Waals surface area (Å²) >= 11 is 11.0. The Morgan fingerprint density at radius 3 is 1.46 bits per heavy atom. The van der Waals surface area contributed by atoms with Crippen molar-refractivity contribution in [3.05, 3.63) is 24.3 Å². The van der Waals surface area contributed by atoms with Gasteiger partial charge in [-0.1, -0.05) is 30.7 Å². The Bertz CT molecular complexity index is 123. The molecule has 0 radical (unpaired) electrons. The van der Waals surface area contributed by atoms with Gasteiger partial charge in [-0.05, 0) is 25.7 Å². The third-order valence-electron chi connectivity index (χ3n) is 1.75. The molecule has 0 aromatic carbocycles. The van der Waals surface area contributed by atoms with Crippen molar-refractivity contribution in [1.29, 1.82) is 0 Å². The van der Waals surface area contributed by atoms with Crippen LogP contribution in [0.1, 0.15) is 32.1 Å². The molecule has 0 aliphatic carbocycles. The van der Waals surface area contributed by atoms with E-state index in [1.54, 1.807) is 0 Å². The van der Waals surface area contributed by atoms with Crippen molar-refractivity contribution in [3.8, 4) is 0 Å². The highest BCUT2D eigenvalue weighted by Crippen LogP contribution is 2.04. The topological polar surface area (TPSA) is 0 Å². The number of unbranched alkanes of at least 4 members (excludes halogenated alkanes) is 4. The van der Waals surface area contributed by atoms with Crippen LogP contribution in [0.2, 0.25) is 0 Å². The second kappa shape index (κ2) is 12.1. The van der Waals surface area contributed by atoms with Crippen LogP contribution in [-0.2, 0) is 0 Å². The average Bonchev–Trinajstić information content (AvgIpc) is 2.16. The molecule has 0 aliphatic heterocycles. The molecule has 0 saturated heterocycles. The van der Waals surface area contributed by atoms with Crippen molar-refractivity contribution in [2.45, 2.75) is 32.1 Å². The first kappa shape index (κ1) is 13.1. The van der Waals surface area contributed by atoms with Crippen LogP contribution in [0.25, 0.3) is 0 Å². The number of rotatable bonds is 8. The van der Waals surface area contributed by atoms with Gasteiger partial charge in [-0.15, -0.1) is 23.2 Å². The van der Waals surface area contributed by atoms with Gasteiger partial charge in [0.1, 0.15) is 0 Å². The van der Waals surface area contributed by atoms with Crippen molar-refractivity contribution in [2.75, 3.05) is 11.8 Å². The minimum absolute atomic E-state index is 0.637. The van der Waals surface area contributed by atoms with Gasteiger partial charge in [0.25, 0.3) is 0 Å². The van der Waals surface area contributed by atoms with E-state index in [1.807, 2.05) is 12.2 Å². The first-order valence-electron chi connectivity index (χ1n) is 4.83. The van der Waals surface area contributed by atoms with Crippen LogP contribution in [0.15, 0.2) is 24.3 Å². The summed E-state index contributed by atoms with van der Waals surface area (Å²) in [5, 5.41) is 0. The summed E-state index contributed by atoms with van der Waals surface area (Å²) in [6.45, 7) is 0. The number of hydrogen-bond donors (Lipinski definition) is 0. The summed E-state index contributed by atoms with van der Waals surface area (Å²) in [6, 6.07) is 0. The third kappa shape index (κ3) is 12.1. The lowest BCUT2D eigenvalue weighted by Crippen LogP contribution is -1.75. The number of allylic oxidation sites excluding steroid dienone is 4. The van der Waals surface area contributed by atoms with E-state index in [4.69, 9.17) is 23.2 Å². The van der Waals surface area contributed by atoms with Gasteiger partial charge in [-0.25, -0.2) is 0 Å². The Balaban J connectivity index is 2.99. The average molecular weight is 221 g/mol. The molecule has 0 heterocycles. The van der Waals surface area contributed by atoms with Crippen LogP contribution in [-0.4, -0.2) is 11.8 Å². The smallest absolute Gasteiger partial charge is 0.0404 e. The molecule has 0 aromatic rings. The van der Waals surface area contributed by atoms with Crippen molar-refractivity contribution in [2.24, 2.45) is 0 Å². The molecule has 13 heavy (non-hydrogen) atoms. The monoisotopic (exact) mass is 220 g/mol. The Labute approximate surface area is 91.6 Å². The van der Waals surface area contributed by atoms with E-state index in [9.17, 15) is 0 Å². The van der Waals surface area contributed by atoms with E-state index < -0.39 is 0 Å². The molecular weight excluding hydrogens is 203 g/mol. The Morgan fingerprint density at radius 1 is 0.615 bits per heavy atom. The molecule has 0 unspecified atom stereocenters. The Kier molecular flexibility index (Phi) is 12.1. The number of halogens is 2. The van der Waals surface area contributed by atoms with Gasteiger partial charge in [-0.3, -0.25) is 0 Å². The van der Waals surface area contributed by atoms with E-state index >= 15 is 0 Å². The summed E-state index contributed by atoms with van der Waals surface area (Å²) < 4.78 is 0. The summed E-state index contributed by atoms with van der Waals surface area (Å²) in [7, 11) is 0. The molecule has 0 bridgehead atoms. The highest BCUT2D eigenvalue weighted by atomic mass is 35.5. The molecule has 76 valence electrons. The van der Waals surface area contributed by atoms with E-state index in [0.29, 0.717) is 11.8 Å². The maximum Gasteiger partial charge on any atom is 0.0404 e. The zero-order chi connectivity index (χ0) is 9.78. The zero-order valence-corrected chi connectivity index (χ0v) is 9.53. The molecule has 0 aromatic heterocycles. The lowest BCUT2D eigenvalue weighted by Gasteiger charge is -1.94. The first-order chi connectivity index (χ1) is 6.41. The minimum atomic E-state index is 0.637. The third-order valence-corrected chi connectivity index (χ3v) is 2.11. The molecule has 0 aliphatic rings. The predicted octanol–water partition coefficient (Wildman–Crippen LogP) is 4.53. The lowest BCUT2D eigenvalue weighted by atomic mass is 10.1. The van der Waals surface area contributed by atoms with Crippen molar-refractivity contribution in [3.63, 3.8) is 0 Å². The van der Waals surface area contributed by atoms with Gasteiger partial charge in [0, 0.05) is 11.8 Å². The maximum atomic E-state index is 5.49. The van der Waals surface area contributed by atoms with Crippen LogP contribution in [0.5, 0.6) is 0 Å². The molecule has 0 nitrogen and oxygen atoms in total. The van der Waals surface area contributed by atoms with E-state index in [0.717, 1.165) is 12.8 Å². The largest absolute Gasteiger partial charge is 0.122 e. The van der Waals surface area contributed by atoms with Crippen LogP contribution >= 0.6 is 23.2 Å². The van der Waals surface area contributed by atoms with Gasteiger partial charge in [0.05, 0.1) is 0 Å². The van der Waals surface area contributed by atoms with Crippen LogP contribution < -0.4 is 0 Å². The van der Waals surface area contributed by atoms with Gasteiger partial charge < -0.3 is 0 Å². The molecule has 0 amide bonds. The zero-order valence-electron chi connectivity index (χ0n) is 8.02. The SMILES string of the molecule is ClCC=CCCCCCC=CCCl. The molecule has 2 heteroatoms. The standard InChI is InChI=1S/C11H18Cl2/c12-10-8-6-4-2-1-3-5-7-9-11-13/h6-9H,1-5,10-11H2. The lowest BCUT2D eigenvalue weighted by molar-refractivity contribution is 0.695. The first-order valence-corrected chi connectivity index (χ1v) is 5.90. The van der Waals surface area contributed by atoms with Gasteiger partial charge in [0.15, 0.2) is 0 Å². The Hall–Kier alpha value is 0.0600. The number of hydrogen-bond acceptors (Lipinski definition) is 0. The Morgan fingerprint density at radius 2 is 1.08 bits per heavy atom. The maximum absolute atomic E-state index is 5.49. The van der Waals surface area contributed by atoms with E-state index in [1.165, 1.54) is 19.3 Å². The highest BCUT2D eigenvalue weighted by molar-refractivity contribution is 6.19. The number of alkyl halides is 2. The minimum Gasteiger partial charge on any atom is -0.122 e. The van der Waals surface area contributed by atoms with Crippen LogP contribution in [0.4, 0.5) is 0 Å². The van der Waals surface area contributed by atoms with Crippen LogP contribution in [0, 0.1) is 0 Å². The molecule has 0 atom stereocenters. The fourth-order valence-electron chi connectivity index (χ4n) is 1.06. The summed E-state index contributed by atoms with van der Waals surface area (Å²) in [4.78, 5) is 0.